The first-order valence-electron chi connectivity index (χ1n) is 7.30. The molecule has 2 aliphatic rings. The van der Waals surface area contributed by atoms with Crippen LogP contribution in [0.15, 0.2) is 16.6 Å². The molecule has 1 aromatic rings. The van der Waals surface area contributed by atoms with Crippen LogP contribution in [0, 0.1) is 0 Å². The molecule has 4 heteroatoms. The zero-order valence-corrected chi connectivity index (χ0v) is 13.1. The van der Waals surface area contributed by atoms with Crippen molar-refractivity contribution >= 4 is 21.7 Å². The van der Waals surface area contributed by atoms with Crippen molar-refractivity contribution in [2.75, 3.05) is 13.2 Å². The fourth-order valence-electron chi connectivity index (χ4n) is 2.98. The van der Waals surface area contributed by atoms with E-state index in [-0.39, 0.29) is 11.9 Å². The van der Waals surface area contributed by atoms with Crippen molar-refractivity contribution in [2.24, 2.45) is 0 Å². The Morgan fingerprint density at radius 3 is 3.00 bits per heavy atom. The average Bonchev–Trinajstić information content (AvgIpc) is 2.88. The first-order chi connectivity index (χ1) is 9.72. The minimum Gasteiger partial charge on any atom is -0.493 e. The zero-order valence-electron chi connectivity index (χ0n) is 11.5. The smallest absolute Gasteiger partial charge is 0.139 e. The first-order valence-corrected chi connectivity index (χ1v) is 8.09. The van der Waals surface area contributed by atoms with Crippen LogP contribution in [0.2, 0.25) is 0 Å². The second-order valence-corrected chi connectivity index (χ2v) is 6.48. The maximum Gasteiger partial charge on any atom is 0.139 e. The predicted octanol–water partition coefficient (Wildman–Crippen LogP) is 3.45. The van der Waals surface area contributed by atoms with Gasteiger partial charge in [-0.05, 0) is 37.0 Å². The molecule has 3 nitrogen and oxygen atoms in total. The van der Waals surface area contributed by atoms with E-state index >= 15 is 0 Å². The Kier molecular flexibility index (Phi) is 4.41. The predicted molar refractivity (Wildman–Crippen MR) is 80.3 cm³/mol. The van der Waals surface area contributed by atoms with Gasteiger partial charge in [0.2, 0.25) is 0 Å². The number of carbonyl (C=O) groups excluding carboxylic acids is 1. The normalized spacial score (nSPS) is 21.4. The monoisotopic (exact) mass is 338 g/mol. The summed E-state index contributed by atoms with van der Waals surface area (Å²) in [6.07, 6.45) is 5.34. The SMILES string of the molecule is O=C(Cc1cc(Br)cc2c1OCC2)CC1CCCCO1. The molecule has 20 heavy (non-hydrogen) atoms. The molecule has 108 valence electrons. The van der Waals surface area contributed by atoms with Gasteiger partial charge in [0.05, 0.1) is 12.7 Å². The number of ether oxygens (including phenoxy) is 2. The van der Waals surface area contributed by atoms with Crippen molar-refractivity contribution in [3.05, 3.63) is 27.7 Å². The molecular weight excluding hydrogens is 320 g/mol. The summed E-state index contributed by atoms with van der Waals surface area (Å²) in [5.41, 5.74) is 2.21. The molecule has 2 heterocycles. The van der Waals surface area contributed by atoms with Crippen LogP contribution in [0.25, 0.3) is 0 Å². The van der Waals surface area contributed by atoms with Crippen LogP contribution in [0.1, 0.15) is 36.8 Å². The summed E-state index contributed by atoms with van der Waals surface area (Å²) in [5.74, 6) is 1.17. The van der Waals surface area contributed by atoms with Gasteiger partial charge in [0.1, 0.15) is 11.5 Å². The molecule has 0 aliphatic carbocycles. The van der Waals surface area contributed by atoms with Crippen molar-refractivity contribution in [1.82, 2.24) is 0 Å². The molecule has 0 N–H and O–H groups in total. The highest BCUT2D eigenvalue weighted by atomic mass is 79.9. The second-order valence-electron chi connectivity index (χ2n) is 5.56. The van der Waals surface area contributed by atoms with Gasteiger partial charge in [0.25, 0.3) is 0 Å². The van der Waals surface area contributed by atoms with E-state index in [0.29, 0.717) is 12.8 Å². The van der Waals surface area contributed by atoms with Crippen LogP contribution in [0.5, 0.6) is 5.75 Å². The van der Waals surface area contributed by atoms with Crippen LogP contribution in [0.4, 0.5) is 0 Å². The lowest BCUT2D eigenvalue weighted by atomic mass is 9.98. The van der Waals surface area contributed by atoms with E-state index in [9.17, 15) is 4.79 Å². The van der Waals surface area contributed by atoms with E-state index in [1.807, 2.05) is 6.07 Å². The van der Waals surface area contributed by atoms with Crippen molar-refractivity contribution in [2.45, 2.75) is 44.6 Å². The summed E-state index contributed by atoms with van der Waals surface area (Å²) in [5, 5.41) is 0. The standard InChI is InChI=1S/C16H19BrO3/c17-13-7-11-4-6-20-16(11)12(8-13)9-14(18)10-15-3-1-2-5-19-15/h7-8,15H,1-6,9-10H2. The summed E-state index contributed by atoms with van der Waals surface area (Å²) in [7, 11) is 0. The Bertz CT molecular complexity index is 507. The molecule has 1 unspecified atom stereocenters. The van der Waals surface area contributed by atoms with Crippen molar-refractivity contribution in [1.29, 1.82) is 0 Å². The fourth-order valence-corrected chi connectivity index (χ4v) is 3.54. The van der Waals surface area contributed by atoms with Crippen LogP contribution in [0.3, 0.4) is 0 Å². The van der Waals surface area contributed by atoms with Crippen LogP contribution >= 0.6 is 15.9 Å². The third kappa shape index (κ3) is 3.23. The highest BCUT2D eigenvalue weighted by Crippen LogP contribution is 2.33. The Hall–Kier alpha value is -0.870. The highest BCUT2D eigenvalue weighted by Gasteiger charge is 2.22. The van der Waals surface area contributed by atoms with E-state index in [2.05, 4.69) is 22.0 Å². The van der Waals surface area contributed by atoms with E-state index in [4.69, 9.17) is 9.47 Å². The summed E-state index contributed by atoms with van der Waals surface area (Å²) in [4.78, 5) is 12.2. The number of carbonyl (C=O) groups is 1. The molecule has 1 fully saturated rings. The molecular formula is C16H19BrO3. The molecule has 0 amide bonds. The van der Waals surface area contributed by atoms with Crippen LogP contribution in [-0.4, -0.2) is 25.1 Å². The van der Waals surface area contributed by atoms with Gasteiger partial charge >= 0.3 is 0 Å². The maximum atomic E-state index is 12.2. The first kappa shape index (κ1) is 14.1. The Morgan fingerprint density at radius 2 is 2.20 bits per heavy atom. The highest BCUT2D eigenvalue weighted by molar-refractivity contribution is 9.10. The molecule has 0 saturated carbocycles. The summed E-state index contributed by atoms with van der Waals surface area (Å²) in [6.45, 7) is 1.52. The lowest BCUT2D eigenvalue weighted by Crippen LogP contribution is -2.23. The van der Waals surface area contributed by atoms with Gasteiger partial charge in [-0.2, -0.15) is 0 Å². The number of hydrogen-bond acceptors (Lipinski definition) is 3. The molecule has 0 bridgehead atoms. The molecule has 2 aliphatic heterocycles. The summed E-state index contributed by atoms with van der Waals surface area (Å²) >= 11 is 3.51. The summed E-state index contributed by atoms with van der Waals surface area (Å²) in [6, 6.07) is 4.09. The van der Waals surface area contributed by atoms with Gasteiger partial charge in [-0.3, -0.25) is 4.79 Å². The number of hydrogen-bond donors (Lipinski definition) is 0. The molecule has 1 aromatic carbocycles. The third-order valence-electron chi connectivity index (χ3n) is 3.94. The van der Waals surface area contributed by atoms with Crippen LogP contribution in [-0.2, 0) is 22.4 Å². The minimum absolute atomic E-state index is 0.123. The molecule has 0 aromatic heterocycles. The van der Waals surface area contributed by atoms with Gasteiger partial charge in [0, 0.05) is 35.9 Å². The van der Waals surface area contributed by atoms with Gasteiger partial charge in [-0.1, -0.05) is 15.9 Å². The van der Waals surface area contributed by atoms with E-state index in [1.165, 1.54) is 12.0 Å². The zero-order chi connectivity index (χ0) is 13.9. The van der Waals surface area contributed by atoms with Gasteiger partial charge in [-0.25, -0.2) is 0 Å². The molecule has 3 rings (SSSR count). The van der Waals surface area contributed by atoms with Crippen molar-refractivity contribution in [3.63, 3.8) is 0 Å². The lowest BCUT2D eigenvalue weighted by Gasteiger charge is -2.22. The quantitative estimate of drug-likeness (QED) is 0.843. The fraction of sp³-hybridized carbons (Fsp3) is 0.562. The van der Waals surface area contributed by atoms with Crippen molar-refractivity contribution in [3.8, 4) is 5.75 Å². The summed E-state index contributed by atoms with van der Waals surface area (Å²) < 4.78 is 12.3. The number of Topliss-reactive ketones (excluding diaryl/α,β-unsaturated/α-hetero) is 1. The molecule has 1 atom stereocenters. The lowest BCUT2D eigenvalue weighted by molar-refractivity contribution is -0.122. The number of halogens is 1. The van der Waals surface area contributed by atoms with Gasteiger partial charge in [0.15, 0.2) is 0 Å². The third-order valence-corrected chi connectivity index (χ3v) is 4.40. The van der Waals surface area contributed by atoms with E-state index < -0.39 is 0 Å². The van der Waals surface area contributed by atoms with Gasteiger partial charge < -0.3 is 9.47 Å². The minimum atomic E-state index is 0.123. The van der Waals surface area contributed by atoms with Crippen LogP contribution < -0.4 is 4.74 Å². The van der Waals surface area contributed by atoms with Gasteiger partial charge in [-0.15, -0.1) is 0 Å². The second kappa shape index (κ2) is 6.27. The Labute approximate surface area is 127 Å². The number of ketones is 1. The average molecular weight is 339 g/mol. The largest absolute Gasteiger partial charge is 0.493 e. The molecule has 0 radical (unpaired) electrons. The van der Waals surface area contributed by atoms with E-state index in [1.54, 1.807) is 0 Å². The number of benzene rings is 1. The molecule has 1 saturated heterocycles. The maximum absolute atomic E-state index is 12.2. The Balaban J connectivity index is 1.66. The number of rotatable bonds is 4. The number of fused-ring (bicyclic) bond motifs is 1. The topological polar surface area (TPSA) is 35.5 Å². The molecule has 0 spiro atoms. The Morgan fingerprint density at radius 1 is 1.30 bits per heavy atom. The van der Waals surface area contributed by atoms with Crippen molar-refractivity contribution < 1.29 is 14.3 Å². The van der Waals surface area contributed by atoms with E-state index in [0.717, 1.165) is 48.3 Å².